The molecule has 2 aliphatic rings. The number of rotatable bonds is 4. The fourth-order valence-electron chi connectivity index (χ4n) is 3.54. The van der Waals surface area contributed by atoms with Crippen molar-refractivity contribution in [2.45, 2.75) is 25.5 Å². The van der Waals surface area contributed by atoms with Crippen molar-refractivity contribution in [1.29, 1.82) is 0 Å². The molecule has 0 radical (unpaired) electrons. The molecule has 6 nitrogen and oxygen atoms in total. The lowest BCUT2D eigenvalue weighted by Gasteiger charge is -2.35. The predicted octanol–water partition coefficient (Wildman–Crippen LogP) is 1.70. The second-order valence-corrected chi connectivity index (χ2v) is 6.72. The molecule has 4 rings (SSSR count). The first-order valence-electron chi connectivity index (χ1n) is 9.01. The lowest BCUT2D eigenvalue weighted by molar-refractivity contribution is -0.142. The largest absolute Gasteiger partial charge is 0.368 e. The van der Waals surface area contributed by atoms with Crippen LogP contribution in [0.3, 0.4) is 0 Å². The number of hydrogen-bond donors (Lipinski definition) is 0. The van der Waals surface area contributed by atoms with Crippen LogP contribution in [0, 0.1) is 0 Å². The zero-order valence-corrected chi connectivity index (χ0v) is 14.4. The minimum absolute atomic E-state index is 0.181. The molecule has 2 aliphatic heterocycles. The van der Waals surface area contributed by atoms with E-state index in [0.29, 0.717) is 0 Å². The third-order valence-corrected chi connectivity index (χ3v) is 5.00. The maximum absolute atomic E-state index is 12.4. The molecule has 132 valence electrons. The first-order valence-corrected chi connectivity index (χ1v) is 9.01. The Balaban J connectivity index is 1.29. The minimum Gasteiger partial charge on any atom is -0.368 e. The topological polar surface area (TPSA) is 50.6 Å². The maximum atomic E-state index is 12.4. The average molecular weight is 340 g/mol. The smallest absolute Gasteiger partial charge is 0.251 e. The summed E-state index contributed by atoms with van der Waals surface area (Å²) in [6.45, 7) is 5.07. The molecule has 0 spiro atoms. The van der Waals surface area contributed by atoms with Gasteiger partial charge in [-0.05, 0) is 36.6 Å². The van der Waals surface area contributed by atoms with Crippen LogP contribution in [0.1, 0.15) is 18.4 Å². The van der Waals surface area contributed by atoms with Crippen molar-refractivity contribution in [3.8, 4) is 5.69 Å². The lowest BCUT2D eigenvalue weighted by atomic mass is 10.1. The molecule has 2 fully saturated rings. The van der Waals surface area contributed by atoms with Gasteiger partial charge in [-0.1, -0.05) is 12.1 Å². The third-order valence-electron chi connectivity index (χ3n) is 5.00. The van der Waals surface area contributed by atoms with Gasteiger partial charge in [0.15, 0.2) is 0 Å². The van der Waals surface area contributed by atoms with E-state index in [1.165, 1.54) is 5.56 Å². The predicted molar refractivity (Wildman–Crippen MR) is 94.4 cm³/mol. The molecule has 2 aromatic rings. The third kappa shape index (κ3) is 3.75. The van der Waals surface area contributed by atoms with Crippen LogP contribution in [0.4, 0.5) is 0 Å². The molecule has 2 saturated heterocycles. The van der Waals surface area contributed by atoms with Crippen LogP contribution >= 0.6 is 0 Å². The van der Waals surface area contributed by atoms with Gasteiger partial charge in [0, 0.05) is 51.7 Å². The zero-order chi connectivity index (χ0) is 17.1. The standard InChI is InChI=1S/C19H24N4O2/c24-19(18-3-1-14-25-18)22-12-10-21(11-13-22)15-16-4-6-17(7-5-16)23-9-2-8-20-23/h2,4-9,18H,1,3,10-15H2. The number of carbonyl (C=O) groups excluding carboxylic acids is 1. The van der Waals surface area contributed by atoms with E-state index in [1.807, 2.05) is 21.8 Å². The summed E-state index contributed by atoms with van der Waals surface area (Å²) in [6, 6.07) is 10.4. The molecule has 3 heterocycles. The van der Waals surface area contributed by atoms with E-state index < -0.39 is 0 Å². The lowest BCUT2D eigenvalue weighted by Crippen LogP contribution is -2.51. The van der Waals surface area contributed by atoms with Crippen molar-refractivity contribution in [3.63, 3.8) is 0 Å². The summed E-state index contributed by atoms with van der Waals surface area (Å²) in [7, 11) is 0. The van der Waals surface area contributed by atoms with Crippen LogP contribution < -0.4 is 0 Å². The van der Waals surface area contributed by atoms with E-state index >= 15 is 0 Å². The Bertz CT molecular complexity index is 685. The van der Waals surface area contributed by atoms with Crippen LogP contribution in [0.15, 0.2) is 42.7 Å². The molecule has 1 unspecified atom stereocenters. The highest BCUT2D eigenvalue weighted by atomic mass is 16.5. The van der Waals surface area contributed by atoms with Gasteiger partial charge in [0.1, 0.15) is 6.10 Å². The normalized spacial score (nSPS) is 21.6. The van der Waals surface area contributed by atoms with E-state index in [2.05, 4.69) is 34.3 Å². The fourth-order valence-corrected chi connectivity index (χ4v) is 3.54. The summed E-state index contributed by atoms with van der Waals surface area (Å²) in [6.07, 6.45) is 5.42. The molecule has 25 heavy (non-hydrogen) atoms. The minimum atomic E-state index is -0.193. The molecule has 1 atom stereocenters. The highest BCUT2D eigenvalue weighted by Crippen LogP contribution is 2.17. The second kappa shape index (κ2) is 7.37. The molecule has 0 N–H and O–H groups in total. The van der Waals surface area contributed by atoms with Crippen LogP contribution in [-0.2, 0) is 16.1 Å². The summed E-state index contributed by atoms with van der Waals surface area (Å²) in [5, 5.41) is 4.25. The zero-order valence-electron chi connectivity index (χ0n) is 14.4. The van der Waals surface area contributed by atoms with Gasteiger partial charge >= 0.3 is 0 Å². The van der Waals surface area contributed by atoms with Gasteiger partial charge in [-0.2, -0.15) is 5.10 Å². The van der Waals surface area contributed by atoms with Crippen LogP contribution in [0.2, 0.25) is 0 Å². The Morgan fingerprint density at radius 1 is 1.16 bits per heavy atom. The SMILES string of the molecule is O=C(C1CCCO1)N1CCN(Cc2ccc(-n3cccn3)cc2)CC1. The molecule has 0 aliphatic carbocycles. The number of aromatic nitrogens is 2. The first-order chi connectivity index (χ1) is 12.3. The number of amides is 1. The Hall–Kier alpha value is -2.18. The fraction of sp³-hybridized carbons (Fsp3) is 0.474. The molecule has 6 heteroatoms. The molecule has 1 aromatic carbocycles. The second-order valence-electron chi connectivity index (χ2n) is 6.72. The Kier molecular flexibility index (Phi) is 4.81. The van der Waals surface area contributed by atoms with Crippen molar-refractivity contribution in [2.24, 2.45) is 0 Å². The van der Waals surface area contributed by atoms with E-state index in [-0.39, 0.29) is 12.0 Å². The molecule has 1 amide bonds. The Morgan fingerprint density at radius 2 is 1.96 bits per heavy atom. The maximum Gasteiger partial charge on any atom is 0.251 e. The Labute approximate surface area is 148 Å². The molecule has 0 bridgehead atoms. The number of carbonyl (C=O) groups is 1. The number of piperazine rings is 1. The van der Waals surface area contributed by atoms with Crippen LogP contribution in [0.25, 0.3) is 5.69 Å². The van der Waals surface area contributed by atoms with Gasteiger partial charge in [-0.3, -0.25) is 9.69 Å². The van der Waals surface area contributed by atoms with Crippen molar-refractivity contribution in [3.05, 3.63) is 48.3 Å². The van der Waals surface area contributed by atoms with Crippen LogP contribution in [0.5, 0.6) is 0 Å². The van der Waals surface area contributed by atoms with Crippen molar-refractivity contribution < 1.29 is 9.53 Å². The van der Waals surface area contributed by atoms with Gasteiger partial charge < -0.3 is 9.64 Å². The summed E-state index contributed by atoms with van der Waals surface area (Å²) in [5.74, 6) is 0.181. The summed E-state index contributed by atoms with van der Waals surface area (Å²) in [5.41, 5.74) is 2.36. The Morgan fingerprint density at radius 3 is 2.60 bits per heavy atom. The highest BCUT2D eigenvalue weighted by molar-refractivity contribution is 5.81. The monoisotopic (exact) mass is 340 g/mol. The van der Waals surface area contributed by atoms with Crippen molar-refractivity contribution in [1.82, 2.24) is 19.6 Å². The quantitative estimate of drug-likeness (QED) is 0.850. The number of nitrogens with zero attached hydrogens (tertiary/aromatic N) is 4. The van der Waals surface area contributed by atoms with Crippen molar-refractivity contribution >= 4 is 5.91 Å². The van der Waals surface area contributed by atoms with E-state index in [4.69, 9.17) is 4.74 Å². The van der Waals surface area contributed by atoms with Gasteiger partial charge in [0.2, 0.25) is 0 Å². The number of benzene rings is 1. The van der Waals surface area contributed by atoms with Crippen LogP contribution in [-0.4, -0.2) is 64.4 Å². The highest BCUT2D eigenvalue weighted by Gasteiger charge is 2.30. The van der Waals surface area contributed by atoms with Gasteiger partial charge in [-0.15, -0.1) is 0 Å². The van der Waals surface area contributed by atoms with Gasteiger partial charge in [-0.25, -0.2) is 4.68 Å². The van der Waals surface area contributed by atoms with Crippen molar-refractivity contribution in [2.75, 3.05) is 32.8 Å². The van der Waals surface area contributed by atoms with E-state index in [0.717, 1.165) is 57.9 Å². The molecule has 1 aromatic heterocycles. The summed E-state index contributed by atoms with van der Waals surface area (Å²) < 4.78 is 7.38. The number of ether oxygens (including phenoxy) is 1. The molecule has 0 saturated carbocycles. The summed E-state index contributed by atoms with van der Waals surface area (Å²) in [4.78, 5) is 16.8. The van der Waals surface area contributed by atoms with Gasteiger partial charge in [0.25, 0.3) is 5.91 Å². The summed E-state index contributed by atoms with van der Waals surface area (Å²) >= 11 is 0. The van der Waals surface area contributed by atoms with E-state index in [1.54, 1.807) is 6.20 Å². The molecular weight excluding hydrogens is 316 g/mol. The van der Waals surface area contributed by atoms with E-state index in [9.17, 15) is 4.79 Å². The van der Waals surface area contributed by atoms with Gasteiger partial charge in [0.05, 0.1) is 5.69 Å². The first kappa shape index (κ1) is 16.3. The average Bonchev–Trinajstić information content (AvgIpc) is 3.36. The number of hydrogen-bond acceptors (Lipinski definition) is 4. The molecular formula is C19H24N4O2.